The first-order valence-corrected chi connectivity index (χ1v) is 5.70. The van der Waals surface area contributed by atoms with Crippen molar-refractivity contribution in [3.63, 3.8) is 0 Å². The quantitative estimate of drug-likeness (QED) is 0.532. The molecule has 0 aromatic rings. The predicted molar refractivity (Wildman–Crippen MR) is 68.7 cm³/mol. The first-order chi connectivity index (χ1) is 7.00. The Balaban J connectivity index is 2.84. The molecule has 1 rings (SSSR count). The van der Waals surface area contributed by atoms with E-state index >= 15 is 0 Å². The Labute approximate surface area is 96.8 Å². The third-order valence-corrected chi connectivity index (χ3v) is 2.77. The second kappa shape index (κ2) is 5.26. The predicted octanol–water partition coefficient (Wildman–Crippen LogP) is 2.33. The summed E-state index contributed by atoms with van der Waals surface area (Å²) in [5.74, 6) is 0.694. The van der Waals surface area contributed by atoms with Crippen molar-refractivity contribution >= 4 is 23.0 Å². The first kappa shape index (κ1) is 12.2. The van der Waals surface area contributed by atoms with Gasteiger partial charge in [-0.3, -0.25) is 5.43 Å². The zero-order valence-corrected chi connectivity index (χ0v) is 10.4. The van der Waals surface area contributed by atoms with Crippen molar-refractivity contribution in [3.05, 3.63) is 11.1 Å². The van der Waals surface area contributed by atoms with Crippen LogP contribution in [0.5, 0.6) is 0 Å². The summed E-state index contributed by atoms with van der Waals surface area (Å²) in [4.78, 5) is 0. The summed E-state index contributed by atoms with van der Waals surface area (Å²) in [6.07, 6.45) is 3.37. The van der Waals surface area contributed by atoms with Crippen LogP contribution in [-0.4, -0.2) is 10.8 Å². The number of nitrogens with zero attached hydrogens (tertiary/aromatic N) is 1. The van der Waals surface area contributed by atoms with Crippen LogP contribution in [0.3, 0.4) is 0 Å². The van der Waals surface area contributed by atoms with Crippen LogP contribution < -0.4 is 11.2 Å². The minimum absolute atomic E-state index is 0.230. The van der Waals surface area contributed by atoms with Gasteiger partial charge in [-0.25, -0.2) is 0 Å². The van der Waals surface area contributed by atoms with Crippen molar-refractivity contribution in [1.29, 1.82) is 0 Å². The lowest BCUT2D eigenvalue weighted by Gasteiger charge is -2.23. The average molecular weight is 225 g/mol. The largest absolute Gasteiger partial charge is 0.375 e. The molecule has 0 heterocycles. The van der Waals surface area contributed by atoms with Crippen molar-refractivity contribution in [2.24, 2.45) is 16.8 Å². The van der Waals surface area contributed by atoms with Crippen LogP contribution in [0, 0.1) is 5.92 Å². The Hall–Kier alpha value is -0.900. The summed E-state index contributed by atoms with van der Waals surface area (Å²) in [7, 11) is 0. The first-order valence-electron chi connectivity index (χ1n) is 5.29. The van der Waals surface area contributed by atoms with Gasteiger partial charge < -0.3 is 5.73 Å². The molecule has 0 radical (unpaired) electrons. The second-order valence-electron chi connectivity index (χ2n) is 4.36. The van der Waals surface area contributed by atoms with Crippen molar-refractivity contribution in [2.45, 2.75) is 40.0 Å². The molecule has 1 aliphatic carbocycles. The Morgan fingerprint density at radius 3 is 2.73 bits per heavy atom. The molecule has 15 heavy (non-hydrogen) atoms. The number of allylic oxidation sites excluding steroid dienone is 2. The Bertz CT molecular complexity index is 314. The molecular weight excluding hydrogens is 206 g/mol. The summed E-state index contributed by atoms with van der Waals surface area (Å²) in [6, 6.07) is 0. The van der Waals surface area contributed by atoms with Gasteiger partial charge in [0.15, 0.2) is 5.11 Å². The van der Waals surface area contributed by atoms with E-state index in [1.807, 2.05) is 0 Å². The van der Waals surface area contributed by atoms with E-state index in [9.17, 15) is 0 Å². The highest BCUT2D eigenvalue weighted by atomic mass is 32.1. The summed E-state index contributed by atoms with van der Waals surface area (Å²) < 4.78 is 0. The fraction of sp³-hybridized carbons (Fsp3) is 0.636. The molecule has 0 aromatic carbocycles. The number of nitrogens with two attached hydrogens (primary N) is 1. The van der Waals surface area contributed by atoms with Crippen LogP contribution in [0.1, 0.15) is 40.0 Å². The lowest BCUT2D eigenvalue weighted by Crippen LogP contribution is -2.27. The van der Waals surface area contributed by atoms with Crippen LogP contribution in [0.25, 0.3) is 0 Å². The fourth-order valence-corrected chi connectivity index (χ4v) is 1.91. The molecule has 1 saturated carbocycles. The van der Waals surface area contributed by atoms with Crippen LogP contribution in [0.2, 0.25) is 0 Å². The maximum Gasteiger partial charge on any atom is 0.184 e. The molecule has 4 heteroatoms. The van der Waals surface area contributed by atoms with E-state index in [1.165, 1.54) is 17.6 Å². The molecule has 1 unspecified atom stereocenters. The van der Waals surface area contributed by atoms with E-state index in [-0.39, 0.29) is 5.11 Å². The van der Waals surface area contributed by atoms with Crippen molar-refractivity contribution < 1.29 is 0 Å². The molecule has 1 atom stereocenters. The minimum Gasteiger partial charge on any atom is -0.375 e. The van der Waals surface area contributed by atoms with Gasteiger partial charge >= 0.3 is 0 Å². The van der Waals surface area contributed by atoms with E-state index < -0.39 is 0 Å². The van der Waals surface area contributed by atoms with Gasteiger partial charge in [0.25, 0.3) is 0 Å². The molecule has 0 amide bonds. The van der Waals surface area contributed by atoms with Gasteiger partial charge in [-0.1, -0.05) is 12.5 Å². The molecule has 0 aromatic heterocycles. The highest BCUT2D eigenvalue weighted by Gasteiger charge is 2.19. The molecule has 3 nitrogen and oxygen atoms in total. The van der Waals surface area contributed by atoms with Crippen molar-refractivity contribution in [3.8, 4) is 0 Å². The molecule has 1 fully saturated rings. The molecule has 0 bridgehead atoms. The Morgan fingerprint density at radius 2 is 2.20 bits per heavy atom. The number of thiocarbonyl (C=S) groups is 1. The summed E-state index contributed by atoms with van der Waals surface area (Å²) >= 11 is 4.74. The molecular formula is C11H19N3S. The third-order valence-electron chi connectivity index (χ3n) is 2.68. The molecule has 0 aliphatic heterocycles. The van der Waals surface area contributed by atoms with Gasteiger partial charge in [0.05, 0.1) is 5.71 Å². The number of hydrazone groups is 1. The number of hydrogen-bond donors (Lipinski definition) is 2. The van der Waals surface area contributed by atoms with Gasteiger partial charge in [0.1, 0.15) is 0 Å². The lowest BCUT2D eigenvalue weighted by molar-refractivity contribution is 0.531. The normalized spacial score (nSPS) is 24.1. The minimum atomic E-state index is 0.230. The standard InChI is InChI=1S/C11H19N3S/c1-7(2)9-5-4-8(3)6-10(9)13-14-11(12)15/h8H,4-6H2,1-3H3,(H3,12,14,15). The van der Waals surface area contributed by atoms with E-state index in [2.05, 4.69) is 31.3 Å². The highest BCUT2D eigenvalue weighted by molar-refractivity contribution is 7.80. The molecule has 0 spiro atoms. The van der Waals surface area contributed by atoms with E-state index in [0.717, 1.165) is 18.6 Å². The monoisotopic (exact) mass is 225 g/mol. The summed E-state index contributed by atoms with van der Waals surface area (Å²) in [5, 5.41) is 4.51. The van der Waals surface area contributed by atoms with Gasteiger partial charge in [0.2, 0.25) is 0 Å². The lowest BCUT2D eigenvalue weighted by atomic mass is 9.84. The topological polar surface area (TPSA) is 50.4 Å². The second-order valence-corrected chi connectivity index (χ2v) is 4.80. The van der Waals surface area contributed by atoms with Crippen LogP contribution in [-0.2, 0) is 0 Å². The van der Waals surface area contributed by atoms with Crippen molar-refractivity contribution in [2.75, 3.05) is 0 Å². The molecule has 0 saturated heterocycles. The maximum atomic E-state index is 5.36. The zero-order valence-electron chi connectivity index (χ0n) is 9.63. The number of hydrogen-bond acceptors (Lipinski definition) is 2. The van der Waals surface area contributed by atoms with Gasteiger partial charge in [-0.05, 0) is 56.8 Å². The molecule has 84 valence electrons. The number of rotatable bonds is 1. The Kier molecular flexibility index (Phi) is 4.27. The smallest absolute Gasteiger partial charge is 0.184 e. The zero-order chi connectivity index (χ0) is 11.4. The van der Waals surface area contributed by atoms with Gasteiger partial charge in [-0.15, -0.1) is 0 Å². The van der Waals surface area contributed by atoms with E-state index in [1.54, 1.807) is 0 Å². The van der Waals surface area contributed by atoms with E-state index in [4.69, 9.17) is 18.0 Å². The van der Waals surface area contributed by atoms with Gasteiger partial charge in [0, 0.05) is 0 Å². The fourth-order valence-electron chi connectivity index (χ4n) is 1.86. The highest BCUT2D eigenvalue weighted by Crippen LogP contribution is 2.27. The maximum absolute atomic E-state index is 5.36. The van der Waals surface area contributed by atoms with Crippen LogP contribution >= 0.6 is 12.2 Å². The van der Waals surface area contributed by atoms with Crippen molar-refractivity contribution in [1.82, 2.24) is 5.43 Å². The van der Waals surface area contributed by atoms with Gasteiger partial charge in [-0.2, -0.15) is 5.10 Å². The molecule has 1 aliphatic rings. The average Bonchev–Trinajstić information content (AvgIpc) is 2.14. The number of nitrogens with one attached hydrogen (secondary N) is 1. The van der Waals surface area contributed by atoms with Crippen LogP contribution in [0.4, 0.5) is 0 Å². The summed E-state index contributed by atoms with van der Waals surface area (Å²) in [5.41, 5.74) is 11.9. The third kappa shape index (κ3) is 3.63. The summed E-state index contributed by atoms with van der Waals surface area (Å²) in [6.45, 7) is 6.50. The SMILES string of the molecule is CC(C)=C1CCC(C)CC1=NNC(N)=S. The van der Waals surface area contributed by atoms with E-state index in [0.29, 0.717) is 5.92 Å². The van der Waals surface area contributed by atoms with Crippen LogP contribution in [0.15, 0.2) is 16.2 Å². The molecule has 3 N–H and O–H groups in total. The Morgan fingerprint density at radius 1 is 1.53 bits per heavy atom.